The minimum absolute atomic E-state index is 0.196. The number of aryl methyl sites for hydroxylation is 1. The predicted molar refractivity (Wildman–Crippen MR) is 105 cm³/mol. The average molecular weight is 368 g/mol. The Morgan fingerprint density at radius 3 is 2.74 bits per heavy atom. The summed E-state index contributed by atoms with van der Waals surface area (Å²) in [5.41, 5.74) is 4.09. The molecule has 0 aromatic heterocycles. The summed E-state index contributed by atoms with van der Waals surface area (Å²) >= 11 is 0. The van der Waals surface area contributed by atoms with Gasteiger partial charge in [-0.15, -0.1) is 0 Å². The number of fused-ring (bicyclic) bond motifs is 1. The first-order chi connectivity index (χ1) is 12.6. The maximum atomic E-state index is 12.2. The van der Waals surface area contributed by atoms with E-state index in [9.17, 15) is 9.59 Å². The molecule has 5 nitrogen and oxygen atoms in total. The molecular weight excluding hydrogens is 340 g/mol. The predicted octanol–water partition coefficient (Wildman–Crippen LogP) is 3.54. The van der Waals surface area contributed by atoms with Gasteiger partial charge in [-0.1, -0.05) is 31.4 Å². The average Bonchev–Trinajstić information content (AvgIpc) is 2.88. The number of ether oxygens (including phenoxy) is 1. The molecule has 1 aromatic carbocycles. The van der Waals surface area contributed by atoms with Crippen molar-refractivity contribution in [3.8, 4) is 0 Å². The summed E-state index contributed by atoms with van der Waals surface area (Å²) in [6.45, 7) is 14.9. The van der Waals surface area contributed by atoms with Crippen molar-refractivity contribution in [1.82, 2.24) is 10.2 Å². The van der Waals surface area contributed by atoms with E-state index in [1.807, 2.05) is 25.7 Å². The van der Waals surface area contributed by atoms with Crippen LogP contribution in [-0.2, 0) is 27.3 Å². The summed E-state index contributed by atoms with van der Waals surface area (Å²) in [5.74, 6) is 0.368. The van der Waals surface area contributed by atoms with E-state index in [0.717, 1.165) is 29.9 Å². The first-order valence-corrected chi connectivity index (χ1v) is 9.42. The first kappa shape index (κ1) is 19.2. The molecule has 1 aromatic rings. The highest BCUT2D eigenvalue weighted by Gasteiger charge is 2.36. The van der Waals surface area contributed by atoms with Crippen molar-refractivity contribution in [3.63, 3.8) is 0 Å². The van der Waals surface area contributed by atoms with E-state index in [-0.39, 0.29) is 23.5 Å². The minimum atomic E-state index is -0.328. The zero-order valence-corrected chi connectivity index (χ0v) is 16.4. The SMILES string of the molecule is C=C(CCc1ccc2c(c1)CN(C1CCC(=O)NC1=O)C2=C)OC(C)(C)C. The molecule has 1 N–H and O–H groups in total. The van der Waals surface area contributed by atoms with Gasteiger partial charge in [0, 0.05) is 30.6 Å². The Labute approximate surface area is 161 Å². The van der Waals surface area contributed by atoms with E-state index in [4.69, 9.17) is 4.74 Å². The molecule has 1 saturated heterocycles. The van der Waals surface area contributed by atoms with Gasteiger partial charge < -0.3 is 9.64 Å². The highest BCUT2D eigenvalue weighted by molar-refractivity contribution is 6.01. The Kier molecular flexibility index (Phi) is 5.13. The minimum Gasteiger partial charge on any atom is -0.493 e. The van der Waals surface area contributed by atoms with Gasteiger partial charge in [0.25, 0.3) is 0 Å². The van der Waals surface area contributed by atoms with Crippen molar-refractivity contribution in [1.29, 1.82) is 0 Å². The van der Waals surface area contributed by atoms with Gasteiger partial charge in [0.05, 0.1) is 5.76 Å². The van der Waals surface area contributed by atoms with Crippen LogP contribution in [0.5, 0.6) is 0 Å². The smallest absolute Gasteiger partial charge is 0.249 e. The molecule has 1 unspecified atom stereocenters. The van der Waals surface area contributed by atoms with Crippen LogP contribution in [0, 0.1) is 0 Å². The molecular formula is C22H28N2O3. The van der Waals surface area contributed by atoms with Gasteiger partial charge in [-0.25, -0.2) is 0 Å². The summed E-state index contributed by atoms with van der Waals surface area (Å²) in [5, 5.41) is 2.43. The summed E-state index contributed by atoms with van der Waals surface area (Å²) in [4.78, 5) is 25.6. The number of nitrogens with zero attached hydrogens (tertiary/aromatic N) is 1. The van der Waals surface area contributed by atoms with Crippen LogP contribution < -0.4 is 5.32 Å². The number of imide groups is 1. The Morgan fingerprint density at radius 1 is 1.33 bits per heavy atom. The molecule has 27 heavy (non-hydrogen) atoms. The second-order valence-electron chi connectivity index (χ2n) is 8.29. The fraction of sp³-hybridized carbons (Fsp3) is 0.455. The number of benzene rings is 1. The number of allylic oxidation sites excluding steroid dienone is 1. The molecule has 2 aliphatic rings. The van der Waals surface area contributed by atoms with Crippen LogP contribution in [0.1, 0.15) is 56.7 Å². The van der Waals surface area contributed by atoms with Crippen LogP contribution in [0.4, 0.5) is 0 Å². The molecule has 0 aliphatic carbocycles. The number of hydrogen-bond acceptors (Lipinski definition) is 4. The largest absolute Gasteiger partial charge is 0.493 e. The summed E-state index contributed by atoms with van der Waals surface area (Å²) in [6.07, 6.45) is 2.53. The Hall–Kier alpha value is -2.56. The van der Waals surface area contributed by atoms with E-state index in [2.05, 4.69) is 36.7 Å². The highest BCUT2D eigenvalue weighted by atomic mass is 16.5. The van der Waals surface area contributed by atoms with Gasteiger partial charge in [0.1, 0.15) is 11.6 Å². The van der Waals surface area contributed by atoms with E-state index in [1.54, 1.807) is 0 Å². The molecule has 2 aliphatic heterocycles. The standard InChI is InChI=1S/C22H28N2O3/c1-14(27-22(3,4)5)6-7-16-8-9-18-15(2)24(13-17(18)12-16)19-10-11-20(25)23-21(19)26/h8-9,12,19H,1-2,6-7,10-11,13H2,3-5H3,(H,23,25,26). The molecule has 0 saturated carbocycles. The molecule has 0 bridgehead atoms. The fourth-order valence-corrected chi connectivity index (χ4v) is 3.69. The van der Waals surface area contributed by atoms with Gasteiger partial charge in [0.2, 0.25) is 11.8 Å². The molecule has 1 atom stereocenters. The monoisotopic (exact) mass is 368 g/mol. The molecule has 2 heterocycles. The molecule has 3 rings (SSSR count). The van der Waals surface area contributed by atoms with Gasteiger partial charge in [-0.05, 0) is 44.7 Å². The van der Waals surface area contributed by atoms with E-state index < -0.39 is 0 Å². The second kappa shape index (κ2) is 7.22. The van der Waals surface area contributed by atoms with Crippen LogP contribution >= 0.6 is 0 Å². The third kappa shape index (κ3) is 4.41. The summed E-state index contributed by atoms with van der Waals surface area (Å²) < 4.78 is 5.80. The van der Waals surface area contributed by atoms with Crippen LogP contribution in [-0.4, -0.2) is 28.4 Å². The lowest BCUT2D eigenvalue weighted by molar-refractivity contribution is -0.136. The van der Waals surface area contributed by atoms with Crippen molar-refractivity contribution in [2.45, 2.75) is 64.6 Å². The molecule has 144 valence electrons. The van der Waals surface area contributed by atoms with Gasteiger partial charge in [0.15, 0.2) is 0 Å². The van der Waals surface area contributed by atoms with Crippen molar-refractivity contribution >= 4 is 17.5 Å². The zero-order chi connectivity index (χ0) is 19.8. The van der Waals surface area contributed by atoms with Crippen molar-refractivity contribution in [2.75, 3.05) is 0 Å². The van der Waals surface area contributed by atoms with Crippen LogP contribution in [0.2, 0.25) is 0 Å². The third-order valence-electron chi connectivity index (χ3n) is 4.90. The number of carbonyl (C=O) groups excluding carboxylic acids is 2. The number of amides is 2. The second-order valence-corrected chi connectivity index (χ2v) is 8.29. The Bertz CT molecular complexity index is 804. The van der Waals surface area contributed by atoms with Crippen LogP contribution in [0.3, 0.4) is 0 Å². The first-order valence-electron chi connectivity index (χ1n) is 9.42. The molecule has 5 heteroatoms. The van der Waals surface area contributed by atoms with Crippen molar-refractivity contribution < 1.29 is 14.3 Å². The zero-order valence-electron chi connectivity index (χ0n) is 16.4. The van der Waals surface area contributed by atoms with E-state index in [1.165, 1.54) is 11.1 Å². The quantitative estimate of drug-likeness (QED) is 0.638. The normalized spacial score (nSPS) is 19.7. The Morgan fingerprint density at radius 2 is 2.07 bits per heavy atom. The van der Waals surface area contributed by atoms with Crippen LogP contribution in [0.25, 0.3) is 5.70 Å². The molecule has 1 fully saturated rings. The lowest BCUT2D eigenvalue weighted by Gasteiger charge is -2.31. The number of rotatable bonds is 5. The fourth-order valence-electron chi connectivity index (χ4n) is 3.69. The maximum Gasteiger partial charge on any atom is 0.249 e. The number of hydrogen-bond donors (Lipinski definition) is 1. The molecule has 2 amide bonds. The maximum absolute atomic E-state index is 12.2. The molecule has 0 spiro atoms. The van der Waals surface area contributed by atoms with Gasteiger partial charge in [-0.3, -0.25) is 14.9 Å². The van der Waals surface area contributed by atoms with Crippen LogP contribution in [0.15, 0.2) is 37.1 Å². The third-order valence-corrected chi connectivity index (χ3v) is 4.90. The lowest BCUT2D eigenvalue weighted by Crippen LogP contribution is -2.50. The number of carbonyl (C=O) groups is 2. The number of nitrogens with one attached hydrogen (secondary N) is 1. The van der Waals surface area contributed by atoms with Gasteiger partial charge >= 0.3 is 0 Å². The van der Waals surface area contributed by atoms with Crippen molar-refractivity contribution in [2.24, 2.45) is 0 Å². The summed E-state index contributed by atoms with van der Waals surface area (Å²) in [6, 6.07) is 6.02. The lowest BCUT2D eigenvalue weighted by atomic mass is 10.0. The topological polar surface area (TPSA) is 58.6 Å². The van der Waals surface area contributed by atoms with E-state index >= 15 is 0 Å². The molecule has 0 radical (unpaired) electrons. The summed E-state index contributed by atoms with van der Waals surface area (Å²) in [7, 11) is 0. The number of piperidine rings is 1. The van der Waals surface area contributed by atoms with Crippen molar-refractivity contribution in [3.05, 3.63) is 53.8 Å². The van der Waals surface area contributed by atoms with E-state index in [0.29, 0.717) is 19.4 Å². The Balaban J connectivity index is 1.66. The highest BCUT2D eigenvalue weighted by Crippen LogP contribution is 2.35. The van der Waals surface area contributed by atoms with Gasteiger partial charge in [-0.2, -0.15) is 0 Å².